The minimum Gasteiger partial charge on any atom is -0.507 e. The van der Waals surface area contributed by atoms with Crippen molar-refractivity contribution in [1.29, 1.82) is 0 Å². The van der Waals surface area contributed by atoms with Gasteiger partial charge in [0.15, 0.2) is 0 Å². The Morgan fingerprint density at radius 2 is 1.85 bits per heavy atom. The monoisotopic (exact) mass is 468 g/mol. The van der Waals surface area contributed by atoms with Crippen LogP contribution in [0.1, 0.15) is 64.6 Å². The van der Waals surface area contributed by atoms with Crippen LogP contribution in [0.25, 0.3) is 16.9 Å². The van der Waals surface area contributed by atoms with Crippen molar-refractivity contribution in [2.75, 3.05) is 20.1 Å². The van der Waals surface area contributed by atoms with Crippen LogP contribution in [0.3, 0.4) is 0 Å². The normalized spacial score (nSPS) is 15.6. The number of rotatable bonds is 7. The second-order valence-corrected chi connectivity index (χ2v) is 9.31. The van der Waals surface area contributed by atoms with Gasteiger partial charge < -0.3 is 14.6 Å². The highest BCUT2D eigenvalue weighted by Crippen LogP contribution is 2.39. The molecular formula is C26H37FN6O. The summed E-state index contributed by atoms with van der Waals surface area (Å²) in [5.41, 5.74) is 2.28. The Bertz CT molecular complexity index is 1030. The first-order chi connectivity index (χ1) is 16.4. The molecule has 0 bridgehead atoms. The minimum atomic E-state index is -0.581. The van der Waals surface area contributed by atoms with Gasteiger partial charge >= 0.3 is 0 Å². The summed E-state index contributed by atoms with van der Waals surface area (Å²) in [7, 11) is 2.26. The Hall–Kier alpha value is -2.87. The smallest absolute Gasteiger partial charge is 0.231 e. The van der Waals surface area contributed by atoms with Crippen LogP contribution in [0, 0.1) is 18.3 Å². The lowest BCUT2D eigenvalue weighted by atomic mass is 9.72. The summed E-state index contributed by atoms with van der Waals surface area (Å²) in [4.78, 5) is 10.0. The number of hydrogen-bond acceptors (Lipinski definition) is 6. The lowest BCUT2D eigenvalue weighted by Crippen LogP contribution is -2.37. The Balaban J connectivity index is 0.000000204. The van der Waals surface area contributed by atoms with Crippen LogP contribution in [0.4, 0.5) is 4.39 Å². The molecule has 1 aliphatic heterocycles. The van der Waals surface area contributed by atoms with E-state index < -0.39 is 5.95 Å². The predicted molar refractivity (Wildman–Crippen MR) is 132 cm³/mol. The van der Waals surface area contributed by atoms with E-state index >= 15 is 0 Å². The van der Waals surface area contributed by atoms with Crippen LogP contribution >= 0.6 is 0 Å². The number of benzene rings is 1. The number of aromatic hydroxyl groups is 1. The van der Waals surface area contributed by atoms with Crippen molar-refractivity contribution in [3.8, 4) is 22.7 Å². The number of phenolic OH excluding ortho intramolecular Hbond substituents is 1. The van der Waals surface area contributed by atoms with Crippen LogP contribution in [-0.4, -0.2) is 54.9 Å². The molecule has 184 valence electrons. The van der Waals surface area contributed by atoms with Gasteiger partial charge in [-0.2, -0.15) is 4.39 Å². The molecule has 0 unspecified atom stereocenters. The first kappa shape index (κ1) is 25.7. The van der Waals surface area contributed by atoms with E-state index in [0.717, 1.165) is 0 Å². The number of unbranched alkanes of at least 4 members (excludes halogenated alkanes) is 2. The lowest BCUT2D eigenvalue weighted by molar-refractivity contribution is 0.104. The van der Waals surface area contributed by atoms with E-state index in [0.29, 0.717) is 28.2 Å². The average Bonchev–Trinajstić information content (AvgIpc) is 3.28. The quantitative estimate of drug-likeness (QED) is 0.457. The van der Waals surface area contributed by atoms with Crippen molar-refractivity contribution in [2.45, 2.75) is 65.7 Å². The molecule has 1 aliphatic rings. The summed E-state index contributed by atoms with van der Waals surface area (Å²) in [6.45, 7) is 9.05. The van der Waals surface area contributed by atoms with Gasteiger partial charge in [-0.25, -0.2) is 9.97 Å². The van der Waals surface area contributed by atoms with Crippen LogP contribution in [0.15, 0.2) is 36.9 Å². The van der Waals surface area contributed by atoms with Gasteiger partial charge in [-0.15, -0.1) is 10.2 Å². The minimum absolute atomic E-state index is 0.0107. The lowest BCUT2D eigenvalue weighted by Gasteiger charge is -2.40. The van der Waals surface area contributed by atoms with Gasteiger partial charge in [-0.3, -0.25) is 0 Å². The fourth-order valence-corrected chi connectivity index (χ4v) is 4.42. The molecule has 34 heavy (non-hydrogen) atoms. The summed E-state index contributed by atoms with van der Waals surface area (Å²) in [6, 6.07) is 4.89. The van der Waals surface area contributed by atoms with E-state index in [9.17, 15) is 9.50 Å². The zero-order valence-corrected chi connectivity index (χ0v) is 20.8. The Labute approximate surface area is 202 Å². The molecule has 0 amide bonds. The zero-order chi connectivity index (χ0) is 24.6. The number of phenols is 1. The number of imidazole rings is 1. The van der Waals surface area contributed by atoms with E-state index in [-0.39, 0.29) is 5.75 Å². The molecule has 3 aromatic rings. The second-order valence-electron chi connectivity index (χ2n) is 9.31. The molecule has 0 aliphatic carbocycles. The number of aromatic nitrogens is 5. The molecule has 0 atom stereocenters. The highest BCUT2D eigenvalue weighted by Gasteiger charge is 2.30. The van der Waals surface area contributed by atoms with Crippen molar-refractivity contribution in [3.63, 3.8) is 0 Å². The van der Waals surface area contributed by atoms with E-state index in [1.165, 1.54) is 87.4 Å². The summed E-state index contributed by atoms with van der Waals surface area (Å²) >= 11 is 0. The number of likely N-dealkylation sites (tertiary alicyclic amines) is 1. The molecule has 1 saturated heterocycles. The number of aryl methyl sites for hydroxylation is 1. The van der Waals surface area contributed by atoms with Gasteiger partial charge in [0.25, 0.3) is 0 Å². The van der Waals surface area contributed by atoms with Crippen molar-refractivity contribution < 1.29 is 9.50 Å². The van der Waals surface area contributed by atoms with Gasteiger partial charge in [-0.1, -0.05) is 39.5 Å². The number of piperidine rings is 1. The zero-order valence-electron chi connectivity index (χ0n) is 20.8. The van der Waals surface area contributed by atoms with Crippen LogP contribution in [0.5, 0.6) is 5.75 Å². The maximum absolute atomic E-state index is 12.9. The van der Waals surface area contributed by atoms with Gasteiger partial charge in [0.05, 0.1) is 18.1 Å². The number of halogens is 1. The molecule has 0 spiro atoms. The average molecular weight is 469 g/mol. The molecule has 1 aromatic carbocycles. The first-order valence-electron chi connectivity index (χ1n) is 12.2. The van der Waals surface area contributed by atoms with Gasteiger partial charge in [-0.05, 0) is 63.9 Å². The molecule has 0 radical (unpaired) electrons. The Morgan fingerprint density at radius 3 is 2.41 bits per heavy atom. The maximum atomic E-state index is 12.9. The van der Waals surface area contributed by atoms with Crippen LogP contribution in [-0.2, 0) is 0 Å². The van der Waals surface area contributed by atoms with Gasteiger partial charge in [0.2, 0.25) is 5.95 Å². The van der Waals surface area contributed by atoms with Gasteiger partial charge in [0.1, 0.15) is 23.6 Å². The van der Waals surface area contributed by atoms with E-state index in [2.05, 4.69) is 46.0 Å². The SMILES string of the molecule is CCCCCC1(CC)CCN(C)CC1.Cc1ncc(-c2ccc(-n3cnc(F)c3)cc2O)nn1. The fraction of sp³-hybridized carbons (Fsp3) is 0.538. The van der Waals surface area contributed by atoms with Crippen LogP contribution in [0.2, 0.25) is 0 Å². The Morgan fingerprint density at radius 1 is 1.09 bits per heavy atom. The highest BCUT2D eigenvalue weighted by atomic mass is 19.1. The maximum Gasteiger partial charge on any atom is 0.231 e. The first-order valence-corrected chi connectivity index (χ1v) is 12.2. The summed E-state index contributed by atoms with van der Waals surface area (Å²) < 4.78 is 14.3. The molecule has 4 rings (SSSR count). The van der Waals surface area contributed by atoms with Crippen molar-refractivity contribution in [2.24, 2.45) is 5.41 Å². The molecule has 2 aromatic heterocycles. The third-order valence-corrected chi connectivity index (χ3v) is 6.89. The Kier molecular flexibility index (Phi) is 9.10. The highest BCUT2D eigenvalue weighted by molar-refractivity contribution is 5.67. The van der Waals surface area contributed by atoms with Gasteiger partial charge in [0, 0.05) is 11.6 Å². The molecule has 1 fully saturated rings. The van der Waals surface area contributed by atoms with Crippen molar-refractivity contribution in [3.05, 3.63) is 48.7 Å². The van der Waals surface area contributed by atoms with E-state index in [1.54, 1.807) is 19.1 Å². The van der Waals surface area contributed by atoms with E-state index in [1.807, 2.05) is 0 Å². The standard InChI is InChI=1S/C13H10FN5O.C13H27N/c1-8-15-5-11(18-17-8)10-3-2-9(4-12(10)20)19-6-13(14)16-7-19;1-4-6-7-8-13(5-2)9-11-14(3)12-10-13/h2-7,20H,1H3;4-12H2,1-3H3. The molecule has 1 N–H and O–H groups in total. The van der Waals surface area contributed by atoms with Crippen molar-refractivity contribution in [1.82, 2.24) is 29.6 Å². The molecule has 8 heteroatoms. The molecular weight excluding hydrogens is 431 g/mol. The number of hydrogen-bond donors (Lipinski definition) is 1. The molecule has 7 nitrogen and oxygen atoms in total. The largest absolute Gasteiger partial charge is 0.507 e. The summed E-state index contributed by atoms with van der Waals surface area (Å²) in [6.07, 6.45) is 14.1. The molecule has 3 heterocycles. The second kappa shape index (κ2) is 12.0. The summed E-state index contributed by atoms with van der Waals surface area (Å²) in [5, 5.41) is 17.9. The van der Waals surface area contributed by atoms with Crippen molar-refractivity contribution >= 4 is 0 Å². The fourth-order valence-electron chi connectivity index (χ4n) is 4.42. The third kappa shape index (κ3) is 6.82. The predicted octanol–water partition coefficient (Wildman–Crippen LogP) is 5.57. The number of nitrogens with zero attached hydrogens (tertiary/aromatic N) is 6. The topological polar surface area (TPSA) is 80.0 Å². The third-order valence-electron chi connectivity index (χ3n) is 6.89. The van der Waals surface area contributed by atoms with Crippen LogP contribution < -0.4 is 0 Å². The van der Waals surface area contributed by atoms with E-state index in [4.69, 9.17) is 0 Å². The molecule has 0 saturated carbocycles. The summed E-state index contributed by atoms with van der Waals surface area (Å²) in [5.74, 6) is -0.0162.